The van der Waals surface area contributed by atoms with Gasteiger partial charge in [-0.15, -0.1) is 0 Å². The first-order valence-corrected chi connectivity index (χ1v) is 5.83. The third-order valence-corrected chi connectivity index (χ3v) is 3.24. The van der Waals surface area contributed by atoms with Crippen LogP contribution in [0.3, 0.4) is 0 Å². The number of fused-ring (bicyclic) bond motifs is 1. The van der Waals surface area contributed by atoms with Crippen molar-refractivity contribution >= 4 is 11.0 Å². The van der Waals surface area contributed by atoms with Gasteiger partial charge in [0.2, 0.25) is 0 Å². The van der Waals surface area contributed by atoms with E-state index in [0.29, 0.717) is 0 Å². The quantitative estimate of drug-likeness (QED) is 0.741. The monoisotopic (exact) mass is 200 g/mol. The molecule has 0 bridgehead atoms. The summed E-state index contributed by atoms with van der Waals surface area (Å²) in [5.74, 6) is 1.04. The van der Waals surface area contributed by atoms with Crippen LogP contribution >= 0.6 is 0 Å². The molecule has 0 spiro atoms. The average Bonchev–Trinajstić information content (AvgIpc) is 3.00. The van der Waals surface area contributed by atoms with E-state index in [4.69, 9.17) is 0 Å². The third kappa shape index (κ3) is 1.89. The maximum atomic E-state index is 4.40. The van der Waals surface area contributed by atoms with Gasteiger partial charge in [-0.05, 0) is 30.9 Å². The molecule has 78 valence electrons. The molecule has 0 amide bonds. The van der Waals surface area contributed by atoms with Gasteiger partial charge in [0.25, 0.3) is 0 Å². The summed E-state index contributed by atoms with van der Waals surface area (Å²) in [5, 5.41) is 0. The standard InChI is InChI=1S/C13H16N2/c1-2-6-13-12(5-1)14-10-15(13)9-3-4-11-7-8-11/h1-2,5-6,10-11H,3-4,7-9H2. The largest absolute Gasteiger partial charge is 0.331 e. The van der Waals surface area contributed by atoms with Gasteiger partial charge in [0.15, 0.2) is 0 Å². The predicted octanol–water partition coefficient (Wildman–Crippen LogP) is 3.23. The van der Waals surface area contributed by atoms with Crippen LogP contribution in [0.25, 0.3) is 11.0 Å². The maximum Gasteiger partial charge on any atom is 0.0958 e. The van der Waals surface area contributed by atoms with Gasteiger partial charge in [-0.25, -0.2) is 4.98 Å². The number of aromatic nitrogens is 2. The Balaban J connectivity index is 1.72. The fraction of sp³-hybridized carbons (Fsp3) is 0.462. The molecule has 0 saturated heterocycles. The Morgan fingerprint density at radius 1 is 1.27 bits per heavy atom. The molecule has 15 heavy (non-hydrogen) atoms. The van der Waals surface area contributed by atoms with Crippen molar-refractivity contribution in [3.8, 4) is 0 Å². The lowest BCUT2D eigenvalue weighted by Gasteiger charge is -2.03. The number of para-hydroxylation sites is 2. The minimum absolute atomic E-state index is 1.04. The number of hydrogen-bond donors (Lipinski definition) is 0. The molecule has 1 aliphatic carbocycles. The van der Waals surface area contributed by atoms with Gasteiger partial charge in [0.1, 0.15) is 0 Å². The number of nitrogens with zero attached hydrogens (tertiary/aromatic N) is 2. The summed E-state index contributed by atoms with van der Waals surface area (Å²) < 4.78 is 2.28. The molecule has 0 N–H and O–H groups in total. The van der Waals surface area contributed by atoms with E-state index in [1.54, 1.807) is 0 Å². The van der Waals surface area contributed by atoms with Gasteiger partial charge in [0.05, 0.1) is 17.4 Å². The molecule has 2 nitrogen and oxygen atoms in total. The number of rotatable bonds is 4. The molecule has 1 aromatic heterocycles. The van der Waals surface area contributed by atoms with Crippen molar-refractivity contribution in [2.45, 2.75) is 32.2 Å². The van der Waals surface area contributed by atoms with E-state index >= 15 is 0 Å². The van der Waals surface area contributed by atoms with E-state index in [1.165, 1.54) is 31.2 Å². The van der Waals surface area contributed by atoms with E-state index in [0.717, 1.165) is 18.0 Å². The van der Waals surface area contributed by atoms with Crippen LogP contribution in [0.5, 0.6) is 0 Å². The fourth-order valence-corrected chi connectivity index (χ4v) is 2.15. The van der Waals surface area contributed by atoms with E-state index in [-0.39, 0.29) is 0 Å². The molecule has 0 atom stereocenters. The van der Waals surface area contributed by atoms with Crippen LogP contribution in [0.4, 0.5) is 0 Å². The maximum absolute atomic E-state index is 4.40. The Morgan fingerprint density at radius 3 is 3.00 bits per heavy atom. The van der Waals surface area contributed by atoms with Crippen molar-refractivity contribution in [2.75, 3.05) is 0 Å². The van der Waals surface area contributed by atoms with Crippen molar-refractivity contribution in [3.63, 3.8) is 0 Å². The molecule has 2 aromatic rings. The number of imidazole rings is 1. The molecule has 2 heteroatoms. The Bertz CT molecular complexity index is 454. The molecule has 3 rings (SSSR count). The van der Waals surface area contributed by atoms with Crippen LogP contribution in [0, 0.1) is 5.92 Å². The SMILES string of the molecule is c1ccc2c(c1)ncn2CCCC1CC1. The molecule has 1 fully saturated rings. The molecule has 0 radical (unpaired) electrons. The molecule has 1 heterocycles. The van der Waals surface area contributed by atoms with Gasteiger partial charge >= 0.3 is 0 Å². The van der Waals surface area contributed by atoms with E-state index in [2.05, 4.69) is 27.8 Å². The zero-order chi connectivity index (χ0) is 10.1. The Morgan fingerprint density at radius 2 is 2.13 bits per heavy atom. The number of benzene rings is 1. The topological polar surface area (TPSA) is 17.8 Å². The van der Waals surface area contributed by atoms with Crippen molar-refractivity contribution in [1.29, 1.82) is 0 Å². The van der Waals surface area contributed by atoms with E-state index in [1.807, 2.05) is 12.4 Å². The van der Waals surface area contributed by atoms with Crippen LogP contribution in [0.1, 0.15) is 25.7 Å². The highest BCUT2D eigenvalue weighted by Gasteiger charge is 2.20. The lowest BCUT2D eigenvalue weighted by Crippen LogP contribution is -1.96. The van der Waals surface area contributed by atoms with Gasteiger partial charge in [-0.2, -0.15) is 0 Å². The highest BCUT2D eigenvalue weighted by molar-refractivity contribution is 5.74. The van der Waals surface area contributed by atoms with Crippen molar-refractivity contribution < 1.29 is 0 Å². The summed E-state index contributed by atoms with van der Waals surface area (Å²) in [4.78, 5) is 4.40. The minimum atomic E-state index is 1.04. The summed E-state index contributed by atoms with van der Waals surface area (Å²) in [6.07, 6.45) is 7.59. The minimum Gasteiger partial charge on any atom is -0.331 e. The highest BCUT2D eigenvalue weighted by atomic mass is 15.0. The van der Waals surface area contributed by atoms with E-state index in [9.17, 15) is 0 Å². The molecule has 0 aliphatic heterocycles. The second-order valence-corrected chi connectivity index (χ2v) is 4.51. The smallest absolute Gasteiger partial charge is 0.0958 e. The fourth-order valence-electron chi connectivity index (χ4n) is 2.15. The zero-order valence-electron chi connectivity index (χ0n) is 8.89. The summed E-state index contributed by atoms with van der Waals surface area (Å²) in [6.45, 7) is 1.12. The second-order valence-electron chi connectivity index (χ2n) is 4.51. The van der Waals surface area contributed by atoms with Crippen molar-refractivity contribution in [3.05, 3.63) is 30.6 Å². The molecule has 1 saturated carbocycles. The van der Waals surface area contributed by atoms with Gasteiger partial charge in [-0.3, -0.25) is 0 Å². The molecular formula is C13H16N2. The van der Waals surface area contributed by atoms with Gasteiger partial charge in [-0.1, -0.05) is 25.0 Å². The Kier molecular flexibility index (Phi) is 2.20. The van der Waals surface area contributed by atoms with Crippen LogP contribution in [-0.2, 0) is 6.54 Å². The first-order valence-electron chi connectivity index (χ1n) is 5.83. The first kappa shape index (κ1) is 8.96. The highest BCUT2D eigenvalue weighted by Crippen LogP contribution is 2.33. The van der Waals surface area contributed by atoms with Crippen LogP contribution < -0.4 is 0 Å². The molecular weight excluding hydrogens is 184 g/mol. The van der Waals surface area contributed by atoms with E-state index < -0.39 is 0 Å². The lowest BCUT2D eigenvalue weighted by molar-refractivity contribution is 0.586. The lowest BCUT2D eigenvalue weighted by atomic mass is 10.2. The number of hydrogen-bond acceptors (Lipinski definition) is 1. The normalized spacial score (nSPS) is 16.0. The molecule has 0 unspecified atom stereocenters. The van der Waals surface area contributed by atoms with Crippen LogP contribution in [0.2, 0.25) is 0 Å². The first-order chi connectivity index (χ1) is 7.43. The predicted molar refractivity (Wildman–Crippen MR) is 61.7 cm³/mol. The second kappa shape index (κ2) is 3.69. The number of aryl methyl sites for hydroxylation is 1. The molecule has 1 aromatic carbocycles. The van der Waals surface area contributed by atoms with Gasteiger partial charge < -0.3 is 4.57 Å². The summed E-state index contributed by atoms with van der Waals surface area (Å²) in [5.41, 5.74) is 2.39. The summed E-state index contributed by atoms with van der Waals surface area (Å²) >= 11 is 0. The van der Waals surface area contributed by atoms with Crippen LogP contribution in [0.15, 0.2) is 30.6 Å². The Labute approximate surface area is 89.9 Å². The summed E-state index contributed by atoms with van der Waals surface area (Å²) in [7, 11) is 0. The average molecular weight is 200 g/mol. The summed E-state index contributed by atoms with van der Waals surface area (Å²) in [6, 6.07) is 8.36. The zero-order valence-corrected chi connectivity index (χ0v) is 8.89. The van der Waals surface area contributed by atoms with Crippen molar-refractivity contribution in [1.82, 2.24) is 9.55 Å². The third-order valence-electron chi connectivity index (χ3n) is 3.24. The van der Waals surface area contributed by atoms with Crippen molar-refractivity contribution in [2.24, 2.45) is 5.92 Å². The van der Waals surface area contributed by atoms with Gasteiger partial charge in [0, 0.05) is 6.54 Å². The van der Waals surface area contributed by atoms with Crippen LogP contribution in [-0.4, -0.2) is 9.55 Å². The Hall–Kier alpha value is -1.31. The molecule has 1 aliphatic rings.